The molecule has 1 aromatic heterocycles. The lowest BCUT2D eigenvalue weighted by molar-refractivity contribution is 0.588. The van der Waals surface area contributed by atoms with Gasteiger partial charge in [0.05, 0.1) is 11.2 Å². The van der Waals surface area contributed by atoms with Crippen LogP contribution in [-0.2, 0) is 12.8 Å². The minimum atomic E-state index is 0.354. The highest BCUT2D eigenvalue weighted by atomic mass is 14.8. The minimum Gasteiger partial charge on any atom is -0.259 e. The van der Waals surface area contributed by atoms with Crippen molar-refractivity contribution in [1.82, 2.24) is 4.98 Å². The SMILES string of the molecule is CC/C=N/c1cc(CC(C)C/C=C\C(=C/CC)C2=CC3c4ccccc4-c4ccccc4C3C=C2)c(C)c2ccc(CC)nc12. The number of benzene rings is 3. The Hall–Kier alpha value is -4.30. The van der Waals surface area contributed by atoms with Crippen LogP contribution in [-0.4, -0.2) is 11.2 Å². The molecule has 1 heterocycles. The molecular formula is C43H46N2. The van der Waals surface area contributed by atoms with Crippen molar-refractivity contribution >= 4 is 22.8 Å². The largest absolute Gasteiger partial charge is 0.259 e. The number of aryl methyl sites for hydroxylation is 2. The molecule has 0 N–H and O–H groups in total. The molecule has 0 fully saturated rings. The van der Waals surface area contributed by atoms with Crippen molar-refractivity contribution in [3.8, 4) is 11.1 Å². The van der Waals surface area contributed by atoms with E-state index >= 15 is 0 Å². The zero-order valence-corrected chi connectivity index (χ0v) is 27.6. The fourth-order valence-corrected chi connectivity index (χ4v) is 7.12. The third kappa shape index (κ3) is 6.29. The highest BCUT2D eigenvalue weighted by Gasteiger charge is 2.32. The van der Waals surface area contributed by atoms with Gasteiger partial charge in [-0.3, -0.25) is 9.98 Å². The van der Waals surface area contributed by atoms with Crippen LogP contribution < -0.4 is 0 Å². The second-order valence-electron chi connectivity index (χ2n) is 12.7. The third-order valence-electron chi connectivity index (χ3n) is 9.49. The van der Waals surface area contributed by atoms with E-state index in [0.29, 0.717) is 17.8 Å². The summed E-state index contributed by atoms with van der Waals surface area (Å²) in [5.74, 6) is 1.24. The second-order valence-corrected chi connectivity index (χ2v) is 12.7. The van der Waals surface area contributed by atoms with Gasteiger partial charge in [-0.2, -0.15) is 0 Å². The first-order valence-corrected chi connectivity index (χ1v) is 16.9. The first-order chi connectivity index (χ1) is 22.0. The van der Waals surface area contributed by atoms with Gasteiger partial charge in [0.1, 0.15) is 0 Å². The molecule has 0 aliphatic heterocycles. The summed E-state index contributed by atoms with van der Waals surface area (Å²) in [6, 6.07) is 24.6. The van der Waals surface area contributed by atoms with E-state index in [1.54, 1.807) is 0 Å². The van der Waals surface area contributed by atoms with Crippen LogP contribution in [0, 0.1) is 12.8 Å². The highest BCUT2D eigenvalue weighted by Crippen LogP contribution is 2.50. The predicted molar refractivity (Wildman–Crippen MR) is 194 cm³/mol. The van der Waals surface area contributed by atoms with Crippen molar-refractivity contribution in [2.24, 2.45) is 10.9 Å². The summed E-state index contributed by atoms with van der Waals surface area (Å²) < 4.78 is 0. The van der Waals surface area contributed by atoms with Crippen LogP contribution in [0.5, 0.6) is 0 Å². The zero-order chi connectivity index (χ0) is 31.3. The number of rotatable bonds is 10. The number of aromatic nitrogens is 1. The lowest BCUT2D eigenvalue weighted by atomic mass is 9.69. The fourth-order valence-electron chi connectivity index (χ4n) is 7.12. The Balaban J connectivity index is 1.22. The molecule has 0 saturated heterocycles. The molecular weight excluding hydrogens is 544 g/mol. The molecule has 228 valence electrons. The molecule has 2 aliphatic carbocycles. The monoisotopic (exact) mass is 590 g/mol. The number of nitrogens with zero attached hydrogens (tertiary/aromatic N) is 2. The molecule has 2 nitrogen and oxygen atoms in total. The van der Waals surface area contributed by atoms with Gasteiger partial charge >= 0.3 is 0 Å². The van der Waals surface area contributed by atoms with E-state index in [1.165, 1.54) is 49.9 Å². The Labute approximate surface area is 270 Å². The van der Waals surface area contributed by atoms with E-state index in [-0.39, 0.29) is 0 Å². The summed E-state index contributed by atoms with van der Waals surface area (Å²) in [7, 11) is 0. The molecule has 0 spiro atoms. The van der Waals surface area contributed by atoms with Gasteiger partial charge in [-0.25, -0.2) is 0 Å². The Morgan fingerprint density at radius 2 is 1.64 bits per heavy atom. The topological polar surface area (TPSA) is 25.2 Å². The van der Waals surface area contributed by atoms with E-state index in [1.807, 2.05) is 6.21 Å². The van der Waals surface area contributed by atoms with Crippen LogP contribution in [0.4, 0.5) is 5.69 Å². The smallest absolute Gasteiger partial charge is 0.0964 e. The zero-order valence-electron chi connectivity index (χ0n) is 27.6. The second kappa shape index (κ2) is 13.8. The molecule has 2 aliphatic rings. The molecule has 0 saturated carbocycles. The van der Waals surface area contributed by atoms with E-state index in [4.69, 9.17) is 9.98 Å². The average Bonchev–Trinajstić information content (AvgIpc) is 3.08. The average molecular weight is 591 g/mol. The molecule has 3 unspecified atom stereocenters. The first kappa shape index (κ1) is 30.7. The van der Waals surface area contributed by atoms with Gasteiger partial charge in [-0.05, 0) is 102 Å². The molecule has 3 atom stereocenters. The number of hydrogen-bond donors (Lipinski definition) is 0. The van der Waals surface area contributed by atoms with Crippen LogP contribution in [0.3, 0.4) is 0 Å². The number of aliphatic imine (C=N–C) groups is 1. The van der Waals surface area contributed by atoms with Crippen molar-refractivity contribution in [3.63, 3.8) is 0 Å². The van der Waals surface area contributed by atoms with Crippen LogP contribution >= 0.6 is 0 Å². The summed E-state index contributed by atoms with van der Waals surface area (Å²) >= 11 is 0. The summed E-state index contributed by atoms with van der Waals surface area (Å²) in [5, 5.41) is 1.23. The molecule has 2 heteroatoms. The van der Waals surface area contributed by atoms with Gasteiger partial charge in [0.2, 0.25) is 0 Å². The highest BCUT2D eigenvalue weighted by molar-refractivity contribution is 5.94. The number of fused-ring (bicyclic) bond motifs is 7. The van der Waals surface area contributed by atoms with Crippen molar-refractivity contribution in [1.29, 1.82) is 0 Å². The summed E-state index contributed by atoms with van der Waals surface area (Å²) in [6.45, 7) is 11.1. The third-order valence-corrected chi connectivity index (χ3v) is 9.49. The van der Waals surface area contributed by atoms with E-state index in [0.717, 1.165) is 49.0 Å². The Morgan fingerprint density at radius 1 is 0.911 bits per heavy atom. The maximum Gasteiger partial charge on any atom is 0.0964 e. The van der Waals surface area contributed by atoms with Crippen LogP contribution in [0.15, 0.2) is 119 Å². The van der Waals surface area contributed by atoms with Gasteiger partial charge in [0.15, 0.2) is 0 Å². The minimum absolute atomic E-state index is 0.354. The number of allylic oxidation sites excluding steroid dienone is 8. The number of hydrogen-bond acceptors (Lipinski definition) is 2. The quantitative estimate of drug-likeness (QED) is 0.133. The summed E-state index contributed by atoms with van der Waals surface area (Å²) in [6.07, 6.45) is 21.3. The van der Waals surface area contributed by atoms with E-state index in [2.05, 4.69) is 138 Å². The van der Waals surface area contributed by atoms with Gasteiger partial charge in [-0.1, -0.05) is 119 Å². The molecule has 0 bridgehead atoms. The van der Waals surface area contributed by atoms with Gasteiger partial charge in [-0.15, -0.1) is 0 Å². The van der Waals surface area contributed by atoms with Crippen LogP contribution in [0.1, 0.15) is 86.7 Å². The molecule has 6 rings (SSSR count). The normalized spacial score (nSPS) is 18.2. The van der Waals surface area contributed by atoms with Crippen molar-refractivity contribution in [2.75, 3.05) is 0 Å². The molecule has 45 heavy (non-hydrogen) atoms. The molecule has 0 amide bonds. The van der Waals surface area contributed by atoms with Gasteiger partial charge in [0, 0.05) is 29.1 Å². The Morgan fingerprint density at radius 3 is 2.36 bits per heavy atom. The van der Waals surface area contributed by atoms with Gasteiger partial charge < -0.3 is 0 Å². The van der Waals surface area contributed by atoms with Crippen molar-refractivity contribution in [3.05, 3.63) is 142 Å². The maximum atomic E-state index is 4.97. The van der Waals surface area contributed by atoms with Gasteiger partial charge in [0.25, 0.3) is 0 Å². The predicted octanol–water partition coefficient (Wildman–Crippen LogP) is 11.7. The molecule has 3 aromatic carbocycles. The standard InChI is InChI=1S/C43H46N2/c1-6-14-31(32-21-23-40-38-19-10-9-17-36(38)37-18-11-12-20-39(37)41(40)27-32)16-13-15-29(4)26-33-28-42(44-25-7-2)43-35(30(33)5)24-22-34(8-3)45-43/h9-14,16-25,27-29,40-41H,6-8,15,26H2,1-5H3/b16-13-,31-14+,44-25+. The van der Waals surface area contributed by atoms with Crippen molar-refractivity contribution in [2.45, 2.75) is 78.6 Å². The van der Waals surface area contributed by atoms with E-state index in [9.17, 15) is 0 Å². The van der Waals surface area contributed by atoms with E-state index < -0.39 is 0 Å². The van der Waals surface area contributed by atoms with Crippen LogP contribution in [0.25, 0.3) is 22.0 Å². The Bertz CT molecular complexity index is 1850. The number of pyridine rings is 1. The Kier molecular flexibility index (Phi) is 9.40. The summed E-state index contributed by atoms with van der Waals surface area (Å²) in [5.41, 5.74) is 14.1. The van der Waals surface area contributed by atoms with Crippen LogP contribution in [0.2, 0.25) is 0 Å². The lowest BCUT2D eigenvalue weighted by Crippen LogP contribution is -2.17. The molecule has 4 aromatic rings. The van der Waals surface area contributed by atoms with Crippen molar-refractivity contribution < 1.29 is 0 Å². The summed E-state index contributed by atoms with van der Waals surface area (Å²) in [4.78, 5) is 9.79. The fraction of sp³-hybridized carbons (Fsp3) is 0.302. The lowest BCUT2D eigenvalue weighted by Gasteiger charge is -2.35. The first-order valence-electron chi connectivity index (χ1n) is 16.9. The molecule has 0 radical (unpaired) electrons. The maximum absolute atomic E-state index is 4.97.